The van der Waals surface area contributed by atoms with Crippen molar-refractivity contribution in [3.05, 3.63) is 58.1 Å². The van der Waals surface area contributed by atoms with Gasteiger partial charge in [-0.05, 0) is 35.0 Å². The summed E-state index contributed by atoms with van der Waals surface area (Å²) in [5.74, 6) is 0.877. The second kappa shape index (κ2) is 6.11. The zero-order chi connectivity index (χ0) is 13.8. The Balaban J connectivity index is 1.70. The summed E-state index contributed by atoms with van der Waals surface area (Å²) in [7, 11) is 1.69. The van der Waals surface area contributed by atoms with Gasteiger partial charge >= 0.3 is 0 Å². The number of rotatable bonds is 5. The highest BCUT2D eigenvalue weighted by Crippen LogP contribution is 2.30. The molecule has 0 aliphatic rings. The number of thiophene rings is 2. The fourth-order valence-corrected chi connectivity index (χ4v) is 3.63. The molecule has 0 saturated heterocycles. The Morgan fingerprint density at radius 3 is 2.80 bits per heavy atom. The molecule has 2 nitrogen and oxygen atoms in total. The third-order valence-electron chi connectivity index (χ3n) is 3.02. The molecule has 0 saturated carbocycles. The fraction of sp³-hybridized carbons (Fsp3) is 0.125. The van der Waals surface area contributed by atoms with Crippen molar-refractivity contribution >= 4 is 28.4 Å². The van der Waals surface area contributed by atoms with Gasteiger partial charge in [0.2, 0.25) is 0 Å². The van der Waals surface area contributed by atoms with Crippen molar-refractivity contribution in [2.45, 2.75) is 6.54 Å². The molecule has 0 radical (unpaired) electrons. The van der Waals surface area contributed by atoms with E-state index >= 15 is 0 Å². The second-order valence-corrected chi connectivity index (χ2v) is 6.28. The third kappa shape index (κ3) is 2.86. The van der Waals surface area contributed by atoms with Gasteiger partial charge in [-0.2, -0.15) is 0 Å². The van der Waals surface area contributed by atoms with E-state index < -0.39 is 0 Å². The van der Waals surface area contributed by atoms with Crippen molar-refractivity contribution in [1.29, 1.82) is 0 Å². The standard InChI is InChI=1S/C16H15NOS2/c1-18-15-6-3-2-5-14(15)17-10-13-9-12(11-20-13)16-7-4-8-19-16/h2-9,11,17H,10H2,1H3. The highest BCUT2D eigenvalue weighted by molar-refractivity contribution is 7.14. The summed E-state index contributed by atoms with van der Waals surface area (Å²) >= 11 is 3.56. The highest BCUT2D eigenvalue weighted by Gasteiger charge is 2.05. The summed E-state index contributed by atoms with van der Waals surface area (Å²) in [4.78, 5) is 2.64. The number of nitrogens with one attached hydrogen (secondary N) is 1. The lowest BCUT2D eigenvalue weighted by Gasteiger charge is -2.09. The molecule has 0 unspecified atom stereocenters. The number of hydrogen-bond donors (Lipinski definition) is 1. The maximum absolute atomic E-state index is 5.34. The van der Waals surface area contributed by atoms with Crippen LogP contribution in [0, 0.1) is 0 Å². The van der Waals surface area contributed by atoms with Crippen LogP contribution in [0.1, 0.15) is 4.88 Å². The van der Waals surface area contributed by atoms with Crippen LogP contribution in [0.5, 0.6) is 5.75 Å². The molecule has 2 aromatic heterocycles. The topological polar surface area (TPSA) is 21.3 Å². The molecule has 3 aromatic rings. The zero-order valence-electron chi connectivity index (χ0n) is 11.1. The van der Waals surface area contributed by atoms with Gasteiger partial charge in [-0.25, -0.2) is 0 Å². The van der Waals surface area contributed by atoms with E-state index in [9.17, 15) is 0 Å². The molecule has 102 valence electrons. The summed E-state index contributed by atoms with van der Waals surface area (Å²) in [5, 5.41) is 7.75. The van der Waals surface area contributed by atoms with Gasteiger partial charge in [0.05, 0.1) is 12.8 Å². The first kappa shape index (κ1) is 13.2. The van der Waals surface area contributed by atoms with Crippen LogP contribution in [0.25, 0.3) is 10.4 Å². The van der Waals surface area contributed by atoms with Gasteiger partial charge in [0.25, 0.3) is 0 Å². The fourth-order valence-electron chi connectivity index (χ4n) is 2.02. The molecule has 0 aliphatic heterocycles. The molecule has 1 N–H and O–H groups in total. The van der Waals surface area contributed by atoms with Crippen molar-refractivity contribution < 1.29 is 4.74 Å². The molecule has 0 fully saturated rings. The molecular weight excluding hydrogens is 286 g/mol. The molecule has 2 heterocycles. The van der Waals surface area contributed by atoms with Crippen LogP contribution in [0.4, 0.5) is 5.69 Å². The number of hydrogen-bond acceptors (Lipinski definition) is 4. The summed E-state index contributed by atoms with van der Waals surface area (Å²) < 4.78 is 5.34. The normalized spacial score (nSPS) is 10.4. The van der Waals surface area contributed by atoms with Crippen LogP contribution < -0.4 is 10.1 Å². The Morgan fingerprint density at radius 2 is 2.00 bits per heavy atom. The Labute approximate surface area is 126 Å². The van der Waals surface area contributed by atoms with Gasteiger partial charge < -0.3 is 10.1 Å². The monoisotopic (exact) mass is 301 g/mol. The van der Waals surface area contributed by atoms with Crippen LogP contribution >= 0.6 is 22.7 Å². The van der Waals surface area contributed by atoms with Gasteiger partial charge in [0.1, 0.15) is 5.75 Å². The Kier molecular flexibility index (Phi) is 4.04. The summed E-state index contributed by atoms with van der Waals surface area (Å²) in [6.07, 6.45) is 0. The quantitative estimate of drug-likeness (QED) is 0.708. The number of benzene rings is 1. The predicted octanol–water partition coefficient (Wildman–Crippen LogP) is 5.10. The lowest BCUT2D eigenvalue weighted by Crippen LogP contribution is -1.99. The van der Waals surface area contributed by atoms with E-state index in [1.54, 1.807) is 29.8 Å². The average molecular weight is 301 g/mol. The Morgan fingerprint density at radius 1 is 1.10 bits per heavy atom. The van der Waals surface area contributed by atoms with Crippen LogP contribution in [-0.4, -0.2) is 7.11 Å². The van der Waals surface area contributed by atoms with Crippen molar-refractivity contribution in [3.8, 4) is 16.2 Å². The molecule has 1 aromatic carbocycles. The maximum Gasteiger partial charge on any atom is 0.141 e. The number of para-hydroxylation sites is 2. The average Bonchev–Trinajstić information content (AvgIpc) is 3.16. The molecule has 0 spiro atoms. The molecular formula is C16H15NOS2. The first-order chi connectivity index (χ1) is 9.86. The van der Waals surface area contributed by atoms with Crippen LogP contribution in [-0.2, 0) is 6.54 Å². The van der Waals surface area contributed by atoms with E-state index in [2.05, 4.69) is 34.3 Å². The van der Waals surface area contributed by atoms with Gasteiger partial charge in [-0.1, -0.05) is 18.2 Å². The van der Waals surface area contributed by atoms with Gasteiger partial charge in [0.15, 0.2) is 0 Å². The second-order valence-electron chi connectivity index (χ2n) is 4.33. The SMILES string of the molecule is COc1ccccc1NCc1cc(-c2cccs2)cs1. The third-order valence-corrected chi connectivity index (χ3v) is 4.88. The number of anilines is 1. The van der Waals surface area contributed by atoms with Crippen LogP contribution in [0.2, 0.25) is 0 Å². The predicted molar refractivity (Wildman–Crippen MR) is 88.0 cm³/mol. The smallest absolute Gasteiger partial charge is 0.141 e. The zero-order valence-corrected chi connectivity index (χ0v) is 12.8. The molecule has 0 bridgehead atoms. The number of methoxy groups -OCH3 is 1. The Hall–Kier alpha value is -1.78. The van der Waals surface area contributed by atoms with E-state index in [4.69, 9.17) is 4.74 Å². The molecule has 20 heavy (non-hydrogen) atoms. The molecule has 0 aliphatic carbocycles. The summed E-state index contributed by atoms with van der Waals surface area (Å²) in [5.41, 5.74) is 2.34. The van der Waals surface area contributed by atoms with Crippen LogP contribution in [0.15, 0.2) is 53.2 Å². The van der Waals surface area contributed by atoms with E-state index in [1.807, 2.05) is 24.3 Å². The van der Waals surface area contributed by atoms with Crippen molar-refractivity contribution in [2.75, 3.05) is 12.4 Å². The molecule has 3 rings (SSSR count). The van der Waals surface area contributed by atoms with E-state index in [0.717, 1.165) is 18.0 Å². The molecule has 0 amide bonds. The maximum atomic E-state index is 5.34. The van der Waals surface area contributed by atoms with Crippen molar-refractivity contribution in [2.24, 2.45) is 0 Å². The minimum absolute atomic E-state index is 0.816. The largest absolute Gasteiger partial charge is 0.495 e. The first-order valence-electron chi connectivity index (χ1n) is 6.35. The van der Waals surface area contributed by atoms with Crippen molar-refractivity contribution in [3.63, 3.8) is 0 Å². The Bertz CT molecular complexity index is 673. The summed E-state index contributed by atoms with van der Waals surface area (Å²) in [6.45, 7) is 0.816. The lowest BCUT2D eigenvalue weighted by molar-refractivity contribution is 0.416. The highest BCUT2D eigenvalue weighted by atomic mass is 32.1. The van der Waals surface area contributed by atoms with Crippen molar-refractivity contribution in [1.82, 2.24) is 0 Å². The molecule has 4 heteroatoms. The lowest BCUT2D eigenvalue weighted by atomic mass is 10.2. The van der Waals surface area contributed by atoms with Gasteiger partial charge in [-0.15, -0.1) is 22.7 Å². The minimum Gasteiger partial charge on any atom is -0.495 e. The number of ether oxygens (including phenoxy) is 1. The minimum atomic E-state index is 0.816. The van der Waals surface area contributed by atoms with E-state index in [0.29, 0.717) is 0 Å². The molecule has 0 atom stereocenters. The van der Waals surface area contributed by atoms with Gasteiger partial charge in [-0.3, -0.25) is 0 Å². The van der Waals surface area contributed by atoms with Gasteiger partial charge in [0, 0.05) is 21.9 Å². The van der Waals surface area contributed by atoms with E-state index in [1.165, 1.54) is 15.3 Å². The summed E-state index contributed by atoms with van der Waals surface area (Å²) in [6, 6.07) is 14.5. The van der Waals surface area contributed by atoms with E-state index in [-0.39, 0.29) is 0 Å². The van der Waals surface area contributed by atoms with Crippen LogP contribution in [0.3, 0.4) is 0 Å². The first-order valence-corrected chi connectivity index (χ1v) is 8.11.